The van der Waals surface area contributed by atoms with Gasteiger partial charge in [-0.05, 0) is 30.9 Å². The summed E-state index contributed by atoms with van der Waals surface area (Å²) < 4.78 is 6.24. The topological polar surface area (TPSA) is 29.5 Å². The Hall–Kier alpha value is -1.64. The zero-order chi connectivity index (χ0) is 15.5. The molecule has 1 atom stereocenters. The Labute approximate surface area is 132 Å². The average molecular weight is 296 g/mol. The number of hydrogen-bond donors (Lipinski definition) is 1. The standard InChI is InChI=1S/C20H24O2/c1-19(21)12-13-20(22-16-19,14-17-8-4-2-5-9-17)15-18-10-6-3-7-11-18/h2-11,21H,12-16H2,1H3. The smallest absolute Gasteiger partial charge is 0.0853 e. The number of hydrogen-bond acceptors (Lipinski definition) is 2. The van der Waals surface area contributed by atoms with Crippen molar-refractivity contribution >= 4 is 0 Å². The highest BCUT2D eigenvalue weighted by atomic mass is 16.5. The minimum atomic E-state index is -0.698. The van der Waals surface area contributed by atoms with Gasteiger partial charge in [-0.25, -0.2) is 0 Å². The average Bonchev–Trinajstić information content (AvgIpc) is 2.53. The van der Waals surface area contributed by atoms with Gasteiger partial charge in [-0.1, -0.05) is 60.7 Å². The summed E-state index contributed by atoms with van der Waals surface area (Å²) in [5.41, 5.74) is 1.67. The summed E-state index contributed by atoms with van der Waals surface area (Å²) >= 11 is 0. The molecule has 22 heavy (non-hydrogen) atoms. The third kappa shape index (κ3) is 3.76. The second kappa shape index (κ2) is 6.23. The van der Waals surface area contributed by atoms with Crippen LogP contribution in [0, 0.1) is 0 Å². The van der Waals surface area contributed by atoms with Crippen LogP contribution in [0.5, 0.6) is 0 Å². The van der Waals surface area contributed by atoms with E-state index in [2.05, 4.69) is 48.5 Å². The summed E-state index contributed by atoms with van der Waals surface area (Å²) in [5, 5.41) is 10.2. The lowest BCUT2D eigenvalue weighted by atomic mass is 9.79. The first kappa shape index (κ1) is 15.3. The number of ether oxygens (including phenoxy) is 1. The predicted molar refractivity (Wildman–Crippen MR) is 88.8 cm³/mol. The van der Waals surface area contributed by atoms with E-state index in [1.807, 2.05) is 19.1 Å². The summed E-state index contributed by atoms with van der Waals surface area (Å²) in [5.74, 6) is 0. The Bertz CT molecular complexity index is 536. The molecule has 0 saturated carbocycles. The molecule has 0 aliphatic carbocycles. The Balaban J connectivity index is 1.82. The van der Waals surface area contributed by atoms with Gasteiger partial charge in [0.15, 0.2) is 0 Å². The first-order valence-electron chi connectivity index (χ1n) is 8.01. The van der Waals surface area contributed by atoms with Crippen LogP contribution in [0.4, 0.5) is 0 Å². The van der Waals surface area contributed by atoms with E-state index in [9.17, 15) is 5.11 Å². The summed E-state index contributed by atoms with van der Waals surface area (Å²) in [6, 6.07) is 21.0. The fourth-order valence-electron chi connectivity index (χ4n) is 3.23. The molecule has 1 aliphatic heterocycles. The molecule has 2 aromatic carbocycles. The summed E-state index contributed by atoms with van der Waals surface area (Å²) in [6.07, 6.45) is 3.44. The molecule has 1 fully saturated rings. The van der Waals surface area contributed by atoms with E-state index in [1.54, 1.807) is 0 Å². The Morgan fingerprint density at radius 3 is 1.77 bits per heavy atom. The Morgan fingerprint density at radius 1 is 0.864 bits per heavy atom. The van der Waals surface area contributed by atoms with Crippen LogP contribution < -0.4 is 0 Å². The first-order chi connectivity index (χ1) is 10.6. The third-order valence-corrected chi connectivity index (χ3v) is 4.55. The molecule has 1 heterocycles. The zero-order valence-electron chi connectivity index (χ0n) is 13.2. The molecule has 3 rings (SSSR count). The van der Waals surface area contributed by atoms with Crippen LogP contribution in [0.2, 0.25) is 0 Å². The van der Waals surface area contributed by atoms with Crippen molar-refractivity contribution in [2.45, 2.75) is 43.8 Å². The van der Waals surface area contributed by atoms with Gasteiger partial charge in [0.1, 0.15) is 0 Å². The lowest BCUT2D eigenvalue weighted by molar-refractivity contribution is -0.161. The van der Waals surface area contributed by atoms with E-state index in [4.69, 9.17) is 4.74 Å². The molecule has 2 nitrogen and oxygen atoms in total. The van der Waals surface area contributed by atoms with E-state index in [0.717, 1.165) is 25.7 Å². The second-order valence-electron chi connectivity index (χ2n) is 6.79. The van der Waals surface area contributed by atoms with Crippen molar-refractivity contribution in [1.82, 2.24) is 0 Å². The molecule has 0 bridgehead atoms. The van der Waals surface area contributed by atoms with Crippen LogP contribution in [0.25, 0.3) is 0 Å². The van der Waals surface area contributed by atoms with E-state index in [1.165, 1.54) is 11.1 Å². The highest BCUT2D eigenvalue weighted by Crippen LogP contribution is 2.35. The number of benzene rings is 2. The highest BCUT2D eigenvalue weighted by Gasteiger charge is 2.40. The molecule has 1 aliphatic rings. The van der Waals surface area contributed by atoms with Crippen molar-refractivity contribution < 1.29 is 9.84 Å². The van der Waals surface area contributed by atoms with Crippen LogP contribution >= 0.6 is 0 Å². The van der Waals surface area contributed by atoms with Crippen LogP contribution in [0.3, 0.4) is 0 Å². The molecule has 0 radical (unpaired) electrons. The highest BCUT2D eigenvalue weighted by molar-refractivity contribution is 5.22. The molecule has 2 aromatic rings. The van der Waals surface area contributed by atoms with Gasteiger partial charge in [-0.3, -0.25) is 0 Å². The van der Waals surface area contributed by atoms with Crippen LogP contribution in [0.1, 0.15) is 30.9 Å². The summed E-state index contributed by atoms with van der Waals surface area (Å²) in [4.78, 5) is 0. The van der Waals surface area contributed by atoms with Crippen molar-refractivity contribution in [3.05, 3.63) is 71.8 Å². The van der Waals surface area contributed by atoms with Crippen LogP contribution in [-0.4, -0.2) is 22.9 Å². The fraction of sp³-hybridized carbons (Fsp3) is 0.400. The van der Waals surface area contributed by atoms with Crippen molar-refractivity contribution in [2.24, 2.45) is 0 Å². The molecule has 116 valence electrons. The second-order valence-corrected chi connectivity index (χ2v) is 6.79. The first-order valence-corrected chi connectivity index (χ1v) is 8.01. The van der Waals surface area contributed by atoms with E-state index in [0.29, 0.717) is 6.61 Å². The molecule has 0 spiro atoms. The fourth-order valence-corrected chi connectivity index (χ4v) is 3.23. The maximum Gasteiger partial charge on any atom is 0.0853 e. The van der Waals surface area contributed by atoms with Gasteiger partial charge >= 0.3 is 0 Å². The quantitative estimate of drug-likeness (QED) is 0.930. The van der Waals surface area contributed by atoms with Gasteiger partial charge < -0.3 is 9.84 Å². The van der Waals surface area contributed by atoms with Crippen molar-refractivity contribution in [2.75, 3.05) is 6.61 Å². The lowest BCUT2D eigenvalue weighted by Gasteiger charge is -2.43. The van der Waals surface area contributed by atoms with Crippen LogP contribution in [-0.2, 0) is 17.6 Å². The zero-order valence-corrected chi connectivity index (χ0v) is 13.2. The molecule has 0 aromatic heterocycles. The molecular formula is C20H24O2. The van der Waals surface area contributed by atoms with E-state index >= 15 is 0 Å². The maximum absolute atomic E-state index is 10.2. The summed E-state index contributed by atoms with van der Waals surface area (Å²) in [7, 11) is 0. The van der Waals surface area contributed by atoms with Crippen molar-refractivity contribution in [1.29, 1.82) is 0 Å². The van der Waals surface area contributed by atoms with Gasteiger partial charge in [-0.15, -0.1) is 0 Å². The SMILES string of the molecule is CC1(O)CCC(Cc2ccccc2)(Cc2ccccc2)OC1. The normalized spacial score (nSPS) is 24.1. The third-order valence-electron chi connectivity index (χ3n) is 4.55. The minimum absolute atomic E-state index is 0.217. The molecule has 0 amide bonds. The molecule has 2 heteroatoms. The lowest BCUT2D eigenvalue weighted by Crippen LogP contribution is -2.49. The predicted octanol–water partition coefficient (Wildman–Crippen LogP) is 3.77. The molecule has 1 saturated heterocycles. The monoisotopic (exact) mass is 296 g/mol. The van der Waals surface area contributed by atoms with Crippen molar-refractivity contribution in [3.63, 3.8) is 0 Å². The van der Waals surface area contributed by atoms with Gasteiger partial charge in [0, 0.05) is 12.8 Å². The van der Waals surface area contributed by atoms with E-state index in [-0.39, 0.29) is 5.60 Å². The molecule has 1 N–H and O–H groups in total. The largest absolute Gasteiger partial charge is 0.388 e. The minimum Gasteiger partial charge on any atom is -0.388 e. The Morgan fingerprint density at radius 2 is 1.36 bits per heavy atom. The van der Waals surface area contributed by atoms with Crippen LogP contribution in [0.15, 0.2) is 60.7 Å². The Kier molecular flexibility index (Phi) is 4.32. The number of rotatable bonds is 4. The molecule has 1 unspecified atom stereocenters. The van der Waals surface area contributed by atoms with Crippen molar-refractivity contribution in [3.8, 4) is 0 Å². The van der Waals surface area contributed by atoms with Gasteiger partial charge in [0.25, 0.3) is 0 Å². The van der Waals surface area contributed by atoms with Gasteiger partial charge in [0.2, 0.25) is 0 Å². The maximum atomic E-state index is 10.2. The van der Waals surface area contributed by atoms with E-state index < -0.39 is 5.60 Å². The summed E-state index contributed by atoms with van der Waals surface area (Å²) in [6.45, 7) is 2.27. The van der Waals surface area contributed by atoms with Gasteiger partial charge in [0.05, 0.1) is 17.8 Å². The molecular weight excluding hydrogens is 272 g/mol. The van der Waals surface area contributed by atoms with Gasteiger partial charge in [-0.2, -0.15) is 0 Å². The number of aliphatic hydroxyl groups is 1.